The van der Waals surface area contributed by atoms with Crippen LogP contribution in [0.15, 0.2) is 42.7 Å². The molecule has 0 spiro atoms. The third-order valence-corrected chi connectivity index (χ3v) is 4.22. The van der Waals surface area contributed by atoms with Gasteiger partial charge in [-0.25, -0.2) is 17.5 Å². The molecular weight excluding hydrogens is 303 g/mol. The van der Waals surface area contributed by atoms with Gasteiger partial charge in [0.15, 0.2) is 0 Å². The Morgan fingerprint density at radius 1 is 1.25 bits per heavy atom. The third kappa shape index (κ3) is 4.00. The predicted octanol–water partition coefficient (Wildman–Crippen LogP) is 2.49. The quantitative estimate of drug-likeness (QED) is 0.922. The zero-order chi connectivity index (χ0) is 14.6. The summed E-state index contributed by atoms with van der Waals surface area (Å²) in [5.74, 6) is -1.14. The Kier molecular flexibility index (Phi) is 4.69. The average molecular weight is 315 g/mol. The minimum absolute atomic E-state index is 0.0344. The molecule has 0 unspecified atom stereocenters. The molecule has 0 amide bonds. The predicted molar refractivity (Wildman–Crippen MR) is 75.1 cm³/mol. The molecule has 0 aliphatic rings. The van der Waals surface area contributed by atoms with E-state index < -0.39 is 21.6 Å². The number of sulfonamides is 1. The van der Waals surface area contributed by atoms with Gasteiger partial charge in [-0.1, -0.05) is 23.7 Å². The Hall–Kier alpha value is -1.50. The second kappa shape index (κ2) is 6.30. The SMILES string of the molecule is O=S(=O)(Cc1c(F)cccc1Cl)NCc1cccnc1. The summed E-state index contributed by atoms with van der Waals surface area (Å²) in [6.07, 6.45) is 3.15. The van der Waals surface area contributed by atoms with Crippen LogP contribution in [0.2, 0.25) is 5.02 Å². The van der Waals surface area contributed by atoms with Crippen molar-refractivity contribution in [2.24, 2.45) is 0 Å². The number of halogens is 2. The highest BCUT2D eigenvalue weighted by molar-refractivity contribution is 7.88. The fourth-order valence-corrected chi connectivity index (χ4v) is 3.08. The second-order valence-electron chi connectivity index (χ2n) is 4.14. The molecule has 20 heavy (non-hydrogen) atoms. The Morgan fingerprint density at radius 3 is 2.70 bits per heavy atom. The highest BCUT2D eigenvalue weighted by atomic mass is 35.5. The van der Waals surface area contributed by atoms with Gasteiger partial charge in [-0.2, -0.15) is 0 Å². The number of pyridine rings is 1. The van der Waals surface area contributed by atoms with Crippen LogP contribution in [0.3, 0.4) is 0 Å². The van der Waals surface area contributed by atoms with Crippen molar-refractivity contribution in [3.63, 3.8) is 0 Å². The molecular formula is C13H12ClFN2O2S. The molecule has 0 saturated carbocycles. The standard InChI is InChI=1S/C13H12ClFN2O2S/c14-12-4-1-5-13(15)11(12)9-20(18,19)17-8-10-3-2-6-16-7-10/h1-7,17H,8-9H2. The largest absolute Gasteiger partial charge is 0.264 e. The average Bonchev–Trinajstić information content (AvgIpc) is 2.42. The van der Waals surface area contributed by atoms with Crippen molar-refractivity contribution >= 4 is 21.6 Å². The van der Waals surface area contributed by atoms with Crippen molar-refractivity contribution in [2.75, 3.05) is 0 Å². The van der Waals surface area contributed by atoms with Gasteiger partial charge in [0, 0.05) is 29.5 Å². The Morgan fingerprint density at radius 2 is 2.05 bits per heavy atom. The van der Waals surface area contributed by atoms with Crippen molar-refractivity contribution in [1.29, 1.82) is 0 Å². The molecule has 1 aromatic heterocycles. The molecule has 0 aliphatic carbocycles. The minimum Gasteiger partial charge on any atom is -0.264 e. The Bertz CT molecular complexity index is 673. The zero-order valence-corrected chi connectivity index (χ0v) is 12.0. The van der Waals surface area contributed by atoms with E-state index in [1.807, 2.05) is 0 Å². The van der Waals surface area contributed by atoms with Crippen LogP contribution in [0.1, 0.15) is 11.1 Å². The third-order valence-electron chi connectivity index (χ3n) is 2.62. The summed E-state index contributed by atoms with van der Waals surface area (Å²) in [7, 11) is -3.68. The summed E-state index contributed by atoms with van der Waals surface area (Å²) in [5.41, 5.74) is 0.684. The van der Waals surface area contributed by atoms with Gasteiger partial charge in [0.25, 0.3) is 0 Å². The number of nitrogens with one attached hydrogen (secondary N) is 1. The maximum absolute atomic E-state index is 13.6. The minimum atomic E-state index is -3.68. The van der Waals surface area contributed by atoms with Gasteiger partial charge in [-0.3, -0.25) is 4.98 Å². The number of hydrogen-bond acceptors (Lipinski definition) is 3. The molecule has 0 aliphatic heterocycles. The number of rotatable bonds is 5. The smallest absolute Gasteiger partial charge is 0.216 e. The van der Waals surface area contributed by atoms with E-state index in [-0.39, 0.29) is 17.1 Å². The van der Waals surface area contributed by atoms with Gasteiger partial charge in [-0.05, 0) is 23.8 Å². The van der Waals surface area contributed by atoms with Crippen LogP contribution in [-0.4, -0.2) is 13.4 Å². The van der Waals surface area contributed by atoms with Gasteiger partial charge in [-0.15, -0.1) is 0 Å². The van der Waals surface area contributed by atoms with E-state index >= 15 is 0 Å². The summed E-state index contributed by atoms with van der Waals surface area (Å²) < 4.78 is 39.8. The van der Waals surface area contributed by atoms with E-state index in [1.165, 1.54) is 18.2 Å². The summed E-state index contributed by atoms with van der Waals surface area (Å²) in [5, 5.41) is 0.0942. The summed E-state index contributed by atoms with van der Waals surface area (Å²) in [6, 6.07) is 7.51. The number of benzene rings is 1. The molecule has 0 atom stereocenters. The van der Waals surface area contributed by atoms with Crippen LogP contribution in [0.4, 0.5) is 4.39 Å². The monoisotopic (exact) mass is 314 g/mol. The van der Waals surface area contributed by atoms with E-state index in [0.717, 1.165) is 5.56 Å². The summed E-state index contributed by atoms with van der Waals surface area (Å²) in [6.45, 7) is 0.0994. The van der Waals surface area contributed by atoms with Crippen LogP contribution < -0.4 is 4.72 Å². The molecule has 106 valence electrons. The highest BCUT2D eigenvalue weighted by Crippen LogP contribution is 2.21. The number of aromatic nitrogens is 1. The lowest BCUT2D eigenvalue weighted by molar-refractivity contribution is 0.574. The summed E-state index contributed by atoms with van der Waals surface area (Å²) >= 11 is 5.81. The molecule has 1 heterocycles. The van der Waals surface area contributed by atoms with E-state index in [9.17, 15) is 12.8 Å². The lowest BCUT2D eigenvalue weighted by Gasteiger charge is -2.08. The van der Waals surface area contributed by atoms with Crippen molar-refractivity contribution in [2.45, 2.75) is 12.3 Å². The molecule has 1 N–H and O–H groups in total. The van der Waals surface area contributed by atoms with Crippen molar-refractivity contribution in [3.05, 3.63) is 64.7 Å². The van der Waals surface area contributed by atoms with E-state index in [0.29, 0.717) is 0 Å². The normalized spacial score (nSPS) is 11.5. The van der Waals surface area contributed by atoms with Gasteiger partial charge >= 0.3 is 0 Å². The Balaban J connectivity index is 2.08. The van der Waals surface area contributed by atoms with Crippen LogP contribution >= 0.6 is 11.6 Å². The molecule has 0 fully saturated rings. The fraction of sp³-hybridized carbons (Fsp3) is 0.154. The maximum Gasteiger partial charge on any atom is 0.216 e. The first-order valence-electron chi connectivity index (χ1n) is 5.77. The fourth-order valence-electron chi connectivity index (χ4n) is 1.61. The number of nitrogens with zero attached hydrogens (tertiary/aromatic N) is 1. The molecule has 0 bridgehead atoms. The topological polar surface area (TPSA) is 59.1 Å². The van der Waals surface area contributed by atoms with E-state index in [4.69, 9.17) is 11.6 Å². The highest BCUT2D eigenvalue weighted by Gasteiger charge is 2.17. The van der Waals surface area contributed by atoms with Crippen molar-refractivity contribution in [3.8, 4) is 0 Å². The molecule has 2 aromatic rings. The molecule has 7 heteroatoms. The lowest BCUT2D eigenvalue weighted by atomic mass is 10.2. The van der Waals surface area contributed by atoms with E-state index in [2.05, 4.69) is 9.71 Å². The first kappa shape index (κ1) is 14.9. The van der Waals surface area contributed by atoms with Gasteiger partial charge < -0.3 is 0 Å². The van der Waals surface area contributed by atoms with Crippen LogP contribution in [0.25, 0.3) is 0 Å². The van der Waals surface area contributed by atoms with Crippen LogP contribution in [-0.2, 0) is 22.3 Å². The van der Waals surface area contributed by atoms with Crippen molar-refractivity contribution < 1.29 is 12.8 Å². The first-order valence-corrected chi connectivity index (χ1v) is 7.80. The number of hydrogen-bond donors (Lipinski definition) is 1. The molecule has 4 nitrogen and oxygen atoms in total. The van der Waals surface area contributed by atoms with Crippen LogP contribution in [0, 0.1) is 5.82 Å². The zero-order valence-electron chi connectivity index (χ0n) is 10.4. The van der Waals surface area contributed by atoms with Gasteiger partial charge in [0.2, 0.25) is 10.0 Å². The molecule has 0 radical (unpaired) electrons. The second-order valence-corrected chi connectivity index (χ2v) is 6.36. The molecule has 0 saturated heterocycles. The maximum atomic E-state index is 13.6. The lowest BCUT2D eigenvalue weighted by Crippen LogP contribution is -2.25. The molecule has 1 aromatic carbocycles. The van der Waals surface area contributed by atoms with E-state index in [1.54, 1.807) is 24.5 Å². The first-order chi connectivity index (χ1) is 9.48. The van der Waals surface area contributed by atoms with Gasteiger partial charge in [0.05, 0.1) is 5.75 Å². The van der Waals surface area contributed by atoms with Gasteiger partial charge in [0.1, 0.15) is 5.82 Å². The summed E-state index contributed by atoms with van der Waals surface area (Å²) in [4.78, 5) is 3.88. The van der Waals surface area contributed by atoms with Crippen molar-refractivity contribution in [1.82, 2.24) is 9.71 Å². The van der Waals surface area contributed by atoms with Crippen LogP contribution in [0.5, 0.6) is 0 Å². The molecule has 2 rings (SSSR count). The Labute approximate surface area is 121 Å².